The van der Waals surface area contributed by atoms with Gasteiger partial charge in [0, 0.05) is 93.2 Å². The van der Waals surface area contributed by atoms with Crippen LogP contribution in [0.25, 0.3) is 215 Å². The largest absolute Gasteiger partial charge is 0.439 e. The SMILES string of the molecule is c1ccc(-c2cc(-n3c4ccccc4c4c5ccccc5sc43)nc(-c3ccccc3)n2)cc1.c1ccc(-c2cccc3c2oc2c3c3ccccc3n2-c2ccc(-c3cc4ccccc4c4ccccc34)cc2)cc1.c1ccc(-c2nc(-c3ccccc3)nc(-c3cccc(-n4c5ccccc5c5c6ccccc6oc54)c3)n2)cc1. The Hall–Kier alpha value is -15.4. The number of hydrogen-bond acceptors (Lipinski definition) is 8. The van der Waals surface area contributed by atoms with Gasteiger partial charge in [0.2, 0.25) is 11.4 Å². The summed E-state index contributed by atoms with van der Waals surface area (Å²) >= 11 is 1.81. The average molecular weight is 1500 g/mol. The second kappa shape index (κ2) is 28.4. The Kier molecular flexibility index (Phi) is 16.5. The molecule has 8 heterocycles. The van der Waals surface area contributed by atoms with E-state index < -0.39 is 0 Å². The molecule has 0 bridgehead atoms. The summed E-state index contributed by atoms with van der Waals surface area (Å²) in [6, 6.07) is 139. The van der Waals surface area contributed by atoms with E-state index in [9.17, 15) is 0 Å². The van der Waals surface area contributed by atoms with Gasteiger partial charge in [0.05, 0.1) is 33.0 Å². The highest BCUT2D eigenvalue weighted by molar-refractivity contribution is 7.25. The number of para-hydroxylation sites is 5. The molecule has 11 heteroatoms. The van der Waals surface area contributed by atoms with Crippen molar-refractivity contribution in [3.05, 3.63) is 400 Å². The Morgan fingerprint density at radius 2 is 0.681 bits per heavy atom. The molecule has 24 rings (SSSR count). The molecule has 116 heavy (non-hydrogen) atoms. The Labute approximate surface area is 669 Å². The van der Waals surface area contributed by atoms with Gasteiger partial charge in [0.1, 0.15) is 21.8 Å². The fraction of sp³-hybridized carbons (Fsp3) is 0. The number of furan rings is 2. The van der Waals surface area contributed by atoms with Gasteiger partial charge in [-0.05, 0) is 98.9 Å². The number of fused-ring (bicyclic) bond motifs is 18. The molecule has 0 atom stereocenters. The van der Waals surface area contributed by atoms with Crippen molar-refractivity contribution in [2.24, 2.45) is 0 Å². The molecule has 0 N–H and O–H groups in total. The minimum absolute atomic E-state index is 0.617. The average Bonchev–Trinajstić information content (AvgIpc) is 1.62. The molecule has 0 saturated carbocycles. The van der Waals surface area contributed by atoms with Crippen LogP contribution in [-0.2, 0) is 0 Å². The number of nitrogens with zero attached hydrogens (tertiary/aromatic N) is 8. The molecule has 0 aliphatic heterocycles. The zero-order chi connectivity index (χ0) is 76.6. The van der Waals surface area contributed by atoms with Gasteiger partial charge in [-0.1, -0.05) is 334 Å². The van der Waals surface area contributed by atoms with Crippen LogP contribution in [0.4, 0.5) is 0 Å². The van der Waals surface area contributed by atoms with Gasteiger partial charge < -0.3 is 8.83 Å². The number of aromatic nitrogens is 8. The summed E-state index contributed by atoms with van der Waals surface area (Å²) in [7, 11) is 0. The number of benzene rings is 16. The molecular formula is C105H66N8O2S. The highest BCUT2D eigenvalue weighted by Crippen LogP contribution is 2.46. The van der Waals surface area contributed by atoms with Crippen molar-refractivity contribution in [3.8, 4) is 96.3 Å². The Bertz CT molecular complexity index is 7770. The van der Waals surface area contributed by atoms with Crippen LogP contribution in [0.3, 0.4) is 0 Å². The second-order valence-electron chi connectivity index (χ2n) is 28.9. The van der Waals surface area contributed by atoms with Crippen LogP contribution in [0.5, 0.6) is 0 Å². The van der Waals surface area contributed by atoms with Crippen LogP contribution in [0.15, 0.2) is 409 Å². The first-order valence-corrected chi connectivity index (χ1v) is 39.7. The first-order valence-electron chi connectivity index (χ1n) is 38.9. The molecule has 0 fully saturated rings. The minimum Gasteiger partial charge on any atom is -0.439 e. The topological polar surface area (TPSA) is 106 Å². The van der Waals surface area contributed by atoms with Crippen LogP contribution in [0.1, 0.15) is 0 Å². The summed E-state index contributed by atoms with van der Waals surface area (Å²) < 4.78 is 21.3. The monoisotopic (exact) mass is 1500 g/mol. The molecule has 10 nitrogen and oxygen atoms in total. The summed E-state index contributed by atoms with van der Waals surface area (Å²) in [5, 5.41) is 15.8. The van der Waals surface area contributed by atoms with Crippen LogP contribution < -0.4 is 0 Å². The van der Waals surface area contributed by atoms with Crippen molar-refractivity contribution in [1.29, 1.82) is 0 Å². The molecule has 0 saturated heterocycles. The van der Waals surface area contributed by atoms with E-state index >= 15 is 0 Å². The molecule has 8 aromatic heterocycles. The lowest BCUT2D eigenvalue weighted by molar-refractivity contribution is 0.645. The van der Waals surface area contributed by atoms with Gasteiger partial charge in [0.15, 0.2) is 23.3 Å². The van der Waals surface area contributed by atoms with E-state index in [0.29, 0.717) is 17.5 Å². The first kappa shape index (κ1) is 67.5. The van der Waals surface area contributed by atoms with E-state index in [2.05, 4.69) is 299 Å². The predicted octanol–water partition coefficient (Wildman–Crippen LogP) is 28.0. The lowest BCUT2D eigenvalue weighted by atomic mass is 9.93. The van der Waals surface area contributed by atoms with E-state index in [-0.39, 0.29) is 0 Å². The van der Waals surface area contributed by atoms with Crippen molar-refractivity contribution in [2.75, 3.05) is 0 Å². The lowest BCUT2D eigenvalue weighted by Gasteiger charge is -2.12. The Balaban J connectivity index is 0.000000106. The zero-order valence-electron chi connectivity index (χ0n) is 62.4. The van der Waals surface area contributed by atoms with Crippen LogP contribution >= 0.6 is 11.3 Å². The van der Waals surface area contributed by atoms with E-state index in [1.807, 2.05) is 127 Å². The second-order valence-corrected chi connectivity index (χ2v) is 30.0. The van der Waals surface area contributed by atoms with Gasteiger partial charge >= 0.3 is 0 Å². The first-order chi connectivity index (χ1) is 57.5. The van der Waals surface area contributed by atoms with Gasteiger partial charge in [-0.2, -0.15) is 0 Å². The maximum atomic E-state index is 6.79. The quantitative estimate of drug-likeness (QED) is 0.126. The van der Waals surface area contributed by atoms with E-state index in [1.54, 1.807) is 0 Å². The fourth-order valence-corrected chi connectivity index (χ4v) is 18.0. The van der Waals surface area contributed by atoms with Crippen molar-refractivity contribution >= 4 is 130 Å². The Morgan fingerprint density at radius 3 is 1.32 bits per heavy atom. The summed E-state index contributed by atoms with van der Waals surface area (Å²) in [5.41, 5.74) is 19.4. The highest BCUT2D eigenvalue weighted by atomic mass is 32.1. The van der Waals surface area contributed by atoms with Crippen molar-refractivity contribution in [3.63, 3.8) is 0 Å². The van der Waals surface area contributed by atoms with E-state index in [4.69, 9.17) is 33.8 Å². The van der Waals surface area contributed by atoms with Crippen molar-refractivity contribution in [2.45, 2.75) is 0 Å². The third-order valence-electron chi connectivity index (χ3n) is 22.1. The summed E-state index contributed by atoms with van der Waals surface area (Å²) in [5.74, 6) is 3.50. The number of hydrogen-bond donors (Lipinski definition) is 0. The number of thiophene rings is 1. The van der Waals surface area contributed by atoms with Crippen molar-refractivity contribution < 1.29 is 8.83 Å². The molecule has 0 unspecified atom stereocenters. The minimum atomic E-state index is 0.617. The zero-order valence-corrected chi connectivity index (χ0v) is 63.2. The third kappa shape index (κ3) is 11.7. The fourth-order valence-electron chi connectivity index (χ4n) is 16.8. The van der Waals surface area contributed by atoms with Crippen LogP contribution in [0.2, 0.25) is 0 Å². The van der Waals surface area contributed by atoms with Gasteiger partial charge in [-0.3, -0.25) is 13.7 Å². The maximum Gasteiger partial charge on any atom is 0.213 e. The van der Waals surface area contributed by atoms with Crippen LogP contribution in [0, 0.1) is 0 Å². The number of rotatable bonds is 10. The molecule has 0 spiro atoms. The Morgan fingerprint density at radius 1 is 0.241 bits per heavy atom. The predicted molar refractivity (Wildman–Crippen MR) is 479 cm³/mol. The van der Waals surface area contributed by atoms with E-state index in [0.717, 1.165) is 134 Å². The molecule has 0 radical (unpaired) electrons. The molecule has 544 valence electrons. The van der Waals surface area contributed by atoms with Gasteiger partial charge in [-0.25, -0.2) is 24.9 Å². The molecule has 16 aromatic carbocycles. The molecule has 0 aliphatic rings. The molecule has 24 aromatic rings. The summed E-state index contributed by atoms with van der Waals surface area (Å²) in [6.45, 7) is 0. The molecule has 0 aliphatic carbocycles. The molecule has 0 amide bonds. The third-order valence-corrected chi connectivity index (χ3v) is 23.3. The van der Waals surface area contributed by atoms with Gasteiger partial charge in [-0.15, -0.1) is 11.3 Å². The smallest absolute Gasteiger partial charge is 0.213 e. The molecular weight excluding hydrogens is 1440 g/mol. The standard InChI is InChI=1S/C40H25NO.C35H22N4O.C30H19N3S/c1-2-11-26(12-3-1)31-18-10-19-35-38-34-17-8-9-20-37(34)41(40(38)42-39(31)35)29-23-21-27(22-24-29)36-25-28-13-4-5-14-30(28)32-15-6-7-16-33(32)36;1-3-12-23(13-4-1)32-36-33(24-14-5-2-6-15-24)38-34(37-32)25-16-11-17-26(22-25)39-29-20-9-7-18-27(29)31-28-19-8-10-21-30(28)40-35(31)39;1-3-11-20(12-4-1)24-19-27(32-29(31-24)21-13-5-2-6-14-21)33-25-17-9-7-15-22(25)28-23-16-8-10-18-26(23)34-30(28)33/h1-25H;1-22H;1-19H. The maximum absolute atomic E-state index is 6.79. The lowest BCUT2D eigenvalue weighted by Crippen LogP contribution is -2.01. The summed E-state index contributed by atoms with van der Waals surface area (Å²) in [6.07, 6.45) is 0. The van der Waals surface area contributed by atoms with Crippen molar-refractivity contribution in [1.82, 2.24) is 38.6 Å². The van der Waals surface area contributed by atoms with E-state index in [1.165, 1.54) is 63.7 Å². The van der Waals surface area contributed by atoms with Crippen LogP contribution in [-0.4, -0.2) is 38.6 Å². The van der Waals surface area contributed by atoms with Gasteiger partial charge in [0.25, 0.3) is 0 Å². The normalized spacial score (nSPS) is 11.6. The summed E-state index contributed by atoms with van der Waals surface area (Å²) in [4.78, 5) is 26.0. The highest BCUT2D eigenvalue weighted by Gasteiger charge is 2.25.